The second-order valence-corrected chi connectivity index (χ2v) is 5.33. The van der Waals surface area contributed by atoms with Crippen molar-refractivity contribution >= 4 is 11.7 Å². The summed E-state index contributed by atoms with van der Waals surface area (Å²) in [5.41, 5.74) is 2.03. The van der Waals surface area contributed by atoms with Crippen molar-refractivity contribution in [2.45, 2.75) is 51.5 Å². The van der Waals surface area contributed by atoms with Gasteiger partial charge in [-0.15, -0.1) is 0 Å². The quantitative estimate of drug-likeness (QED) is 0.798. The van der Waals surface area contributed by atoms with E-state index in [0.29, 0.717) is 12.5 Å². The largest absolute Gasteiger partial charge is 0.385 e. The molecule has 1 fully saturated rings. The molecule has 0 aliphatic heterocycles. The van der Waals surface area contributed by atoms with Gasteiger partial charge in [0.25, 0.3) is 0 Å². The van der Waals surface area contributed by atoms with Crippen molar-refractivity contribution in [2.24, 2.45) is 5.92 Å². The van der Waals surface area contributed by atoms with Crippen LogP contribution in [0.3, 0.4) is 0 Å². The standard InChI is InChI=1S/C14H22N2O2/c1-9-12(7-8-13(9)17)16-11-5-3-10(4-6-11)14(18)15-2/h10-11,16H,3-8H2,1-2H3,(H,15,18). The summed E-state index contributed by atoms with van der Waals surface area (Å²) in [6.45, 7) is 1.91. The van der Waals surface area contributed by atoms with Gasteiger partial charge in [0.15, 0.2) is 5.78 Å². The maximum Gasteiger partial charge on any atom is 0.222 e. The molecule has 2 rings (SSSR count). The molecule has 0 unspecified atom stereocenters. The maximum atomic E-state index is 11.5. The summed E-state index contributed by atoms with van der Waals surface area (Å²) >= 11 is 0. The number of hydrogen-bond acceptors (Lipinski definition) is 3. The van der Waals surface area contributed by atoms with E-state index in [4.69, 9.17) is 0 Å². The summed E-state index contributed by atoms with van der Waals surface area (Å²) in [7, 11) is 1.70. The number of carbonyl (C=O) groups is 2. The normalized spacial score (nSPS) is 28.4. The molecule has 2 N–H and O–H groups in total. The molecule has 1 amide bonds. The monoisotopic (exact) mass is 250 g/mol. The molecule has 0 aromatic heterocycles. The van der Waals surface area contributed by atoms with Gasteiger partial charge in [-0.1, -0.05) is 0 Å². The van der Waals surface area contributed by atoms with Crippen molar-refractivity contribution in [3.8, 4) is 0 Å². The first-order valence-electron chi connectivity index (χ1n) is 6.83. The van der Waals surface area contributed by atoms with Crippen LogP contribution in [0.1, 0.15) is 45.4 Å². The zero-order valence-electron chi connectivity index (χ0n) is 11.2. The van der Waals surface area contributed by atoms with Gasteiger partial charge in [-0.3, -0.25) is 9.59 Å². The lowest BCUT2D eigenvalue weighted by Crippen LogP contribution is -2.37. The first-order chi connectivity index (χ1) is 8.61. The number of ketones is 1. The van der Waals surface area contributed by atoms with E-state index >= 15 is 0 Å². The van der Waals surface area contributed by atoms with Crippen LogP contribution in [-0.4, -0.2) is 24.8 Å². The molecule has 0 aromatic rings. The molecule has 0 heterocycles. The molecule has 0 aromatic carbocycles. The Morgan fingerprint density at radius 2 is 1.83 bits per heavy atom. The molecule has 0 spiro atoms. The lowest BCUT2D eigenvalue weighted by molar-refractivity contribution is -0.125. The third kappa shape index (κ3) is 2.74. The zero-order chi connectivity index (χ0) is 13.1. The SMILES string of the molecule is CNC(=O)C1CCC(NC2=C(C)C(=O)CC2)CC1. The van der Waals surface area contributed by atoms with Crippen LogP contribution >= 0.6 is 0 Å². The van der Waals surface area contributed by atoms with Gasteiger partial charge in [-0.25, -0.2) is 0 Å². The van der Waals surface area contributed by atoms with Crippen molar-refractivity contribution < 1.29 is 9.59 Å². The molecule has 2 aliphatic rings. The molecule has 0 bridgehead atoms. The molecule has 1 saturated carbocycles. The highest BCUT2D eigenvalue weighted by Crippen LogP contribution is 2.27. The fraction of sp³-hybridized carbons (Fsp3) is 0.714. The smallest absolute Gasteiger partial charge is 0.222 e. The van der Waals surface area contributed by atoms with Crippen molar-refractivity contribution in [2.75, 3.05) is 7.05 Å². The second-order valence-electron chi connectivity index (χ2n) is 5.33. The Hall–Kier alpha value is -1.32. The minimum Gasteiger partial charge on any atom is -0.385 e. The van der Waals surface area contributed by atoms with Crippen LogP contribution in [0, 0.1) is 5.92 Å². The molecular formula is C14H22N2O2. The van der Waals surface area contributed by atoms with Crippen LogP contribution in [0.25, 0.3) is 0 Å². The predicted octanol–water partition coefficient (Wildman–Crippen LogP) is 1.52. The minimum absolute atomic E-state index is 0.167. The van der Waals surface area contributed by atoms with E-state index in [1.165, 1.54) is 0 Å². The van der Waals surface area contributed by atoms with Crippen LogP contribution in [0.2, 0.25) is 0 Å². The summed E-state index contributed by atoms with van der Waals surface area (Å²) in [6, 6.07) is 0.432. The molecule has 100 valence electrons. The van der Waals surface area contributed by atoms with E-state index in [1.54, 1.807) is 7.05 Å². The Balaban J connectivity index is 1.84. The van der Waals surface area contributed by atoms with Crippen molar-refractivity contribution in [1.82, 2.24) is 10.6 Å². The Morgan fingerprint density at radius 3 is 2.33 bits per heavy atom. The summed E-state index contributed by atoms with van der Waals surface area (Å²) in [5.74, 6) is 0.616. The molecule has 18 heavy (non-hydrogen) atoms. The summed E-state index contributed by atoms with van der Waals surface area (Å²) < 4.78 is 0. The number of allylic oxidation sites excluding steroid dienone is 2. The van der Waals surface area contributed by atoms with E-state index in [1.807, 2.05) is 6.92 Å². The van der Waals surface area contributed by atoms with Crippen molar-refractivity contribution in [3.05, 3.63) is 11.3 Å². The highest BCUT2D eigenvalue weighted by Gasteiger charge is 2.27. The van der Waals surface area contributed by atoms with Gasteiger partial charge in [0.2, 0.25) is 5.91 Å². The van der Waals surface area contributed by atoms with E-state index in [9.17, 15) is 9.59 Å². The van der Waals surface area contributed by atoms with Crippen LogP contribution in [0.15, 0.2) is 11.3 Å². The average Bonchev–Trinajstić information content (AvgIpc) is 2.71. The number of amides is 1. The Labute approximate surface area is 108 Å². The molecule has 0 radical (unpaired) electrons. The number of Topliss-reactive ketones (excluding diaryl/α,β-unsaturated/α-hetero) is 1. The highest BCUT2D eigenvalue weighted by molar-refractivity contribution is 5.97. The zero-order valence-corrected chi connectivity index (χ0v) is 11.2. The topological polar surface area (TPSA) is 58.2 Å². The Bertz CT molecular complexity index is 379. The fourth-order valence-corrected chi connectivity index (χ4v) is 2.91. The number of carbonyl (C=O) groups excluding carboxylic acids is 2. The van der Waals surface area contributed by atoms with E-state index in [-0.39, 0.29) is 17.6 Å². The van der Waals surface area contributed by atoms with Crippen LogP contribution in [-0.2, 0) is 9.59 Å². The van der Waals surface area contributed by atoms with Gasteiger partial charge >= 0.3 is 0 Å². The first kappa shape index (κ1) is 13.1. The molecular weight excluding hydrogens is 228 g/mol. The van der Waals surface area contributed by atoms with Gasteiger partial charge in [0.1, 0.15) is 0 Å². The highest BCUT2D eigenvalue weighted by atomic mass is 16.1. The Morgan fingerprint density at radius 1 is 1.17 bits per heavy atom. The van der Waals surface area contributed by atoms with Crippen molar-refractivity contribution in [1.29, 1.82) is 0 Å². The lowest BCUT2D eigenvalue weighted by Gasteiger charge is -2.29. The summed E-state index contributed by atoms with van der Waals surface area (Å²) in [5, 5.41) is 6.22. The van der Waals surface area contributed by atoms with Gasteiger partial charge in [0.05, 0.1) is 0 Å². The number of nitrogens with one attached hydrogen (secondary N) is 2. The molecule has 4 nitrogen and oxygen atoms in total. The third-order valence-electron chi connectivity index (χ3n) is 4.20. The van der Waals surface area contributed by atoms with Gasteiger partial charge in [-0.05, 0) is 39.0 Å². The van der Waals surface area contributed by atoms with E-state index in [0.717, 1.165) is 43.4 Å². The minimum atomic E-state index is 0.167. The third-order valence-corrected chi connectivity index (χ3v) is 4.20. The Kier molecular flexibility index (Phi) is 4.04. The lowest BCUT2D eigenvalue weighted by atomic mass is 9.85. The predicted molar refractivity (Wildman–Crippen MR) is 69.9 cm³/mol. The van der Waals surface area contributed by atoms with Gasteiger partial charge < -0.3 is 10.6 Å². The number of rotatable bonds is 3. The molecule has 0 saturated heterocycles. The summed E-state index contributed by atoms with van der Waals surface area (Å²) in [6.07, 6.45) is 5.43. The van der Waals surface area contributed by atoms with Crippen LogP contribution in [0.4, 0.5) is 0 Å². The fourth-order valence-electron chi connectivity index (χ4n) is 2.91. The van der Waals surface area contributed by atoms with Gasteiger partial charge in [-0.2, -0.15) is 0 Å². The van der Waals surface area contributed by atoms with E-state index < -0.39 is 0 Å². The first-order valence-corrected chi connectivity index (χ1v) is 6.83. The average molecular weight is 250 g/mol. The summed E-state index contributed by atoms with van der Waals surface area (Å²) in [4.78, 5) is 23.0. The van der Waals surface area contributed by atoms with Crippen molar-refractivity contribution in [3.63, 3.8) is 0 Å². The molecule has 4 heteroatoms. The molecule has 2 aliphatic carbocycles. The van der Waals surface area contributed by atoms with Crippen LogP contribution < -0.4 is 10.6 Å². The number of hydrogen-bond donors (Lipinski definition) is 2. The maximum absolute atomic E-state index is 11.5. The molecule has 0 atom stereocenters. The van der Waals surface area contributed by atoms with Crippen LogP contribution in [0.5, 0.6) is 0 Å². The van der Waals surface area contributed by atoms with Gasteiger partial charge in [0, 0.05) is 36.7 Å². The van der Waals surface area contributed by atoms with E-state index in [2.05, 4.69) is 10.6 Å². The second kappa shape index (κ2) is 5.55.